The van der Waals surface area contributed by atoms with E-state index in [-0.39, 0.29) is 5.82 Å². The number of hydrogen-bond acceptors (Lipinski definition) is 5. The van der Waals surface area contributed by atoms with Gasteiger partial charge in [0, 0.05) is 13.0 Å². The second-order valence-corrected chi connectivity index (χ2v) is 6.14. The van der Waals surface area contributed by atoms with E-state index in [0.29, 0.717) is 25.2 Å². The zero-order valence-corrected chi connectivity index (χ0v) is 13.4. The minimum absolute atomic E-state index is 0.302. The van der Waals surface area contributed by atoms with E-state index < -0.39 is 5.60 Å². The lowest BCUT2D eigenvalue weighted by Gasteiger charge is -2.24. The summed E-state index contributed by atoms with van der Waals surface area (Å²) in [5.74, 6) is 1.28. The van der Waals surface area contributed by atoms with Crippen LogP contribution in [0.25, 0.3) is 5.65 Å². The number of hydrogen-bond donors (Lipinski definition) is 1. The molecule has 1 aromatic carbocycles. The Labute approximate surface area is 138 Å². The second-order valence-electron chi connectivity index (χ2n) is 6.14. The van der Waals surface area contributed by atoms with Crippen molar-refractivity contribution >= 4 is 11.5 Å². The van der Waals surface area contributed by atoms with Crippen molar-refractivity contribution in [2.24, 2.45) is 0 Å². The Kier molecular flexibility index (Phi) is 3.45. The molecule has 1 saturated heterocycles. The number of aliphatic hydroxyl groups is 1. The molecule has 24 heavy (non-hydrogen) atoms. The predicted molar refractivity (Wildman–Crippen MR) is 87.3 cm³/mol. The maximum Gasteiger partial charge on any atom is 0.178 e. The molecule has 1 aliphatic heterocycles. The third-order valence-corrected chi connectivity index (χ3v) is 4.58. The monoisotopic (exact) mass is 327 g/mol. The average molecular weight is 327 g/mol. The first-order chi connectivity index (χ1) is 11.6. The second kappa shape index (κ2) is 5.52. The fourth-order valence-electron chi connectivity index (χ4n) is 3.20. The van der Waals surface area contributed by atoms with Crippen molar-refractivity contribution in [3.63, 3.8) is 0 Å². The highest BCUT2D eigenvalue weighted by atomic mass is 19.1. The van der Waals surface area contributed by atoms with Gasteiger partial charge in [-0.2, -0.15) is 4.52 Å². The molecule has 2 aromatic heterocycles. The lowest BCUT2D eigenvalue weighted by atomic mass is 9.93. The standard InChI is InChI=1S/C17H18FN5O/c1-2-14-19-20-15-7-8-16(21-23(14)15)22-10-9-17(24,11-22)12-3-5-13(18)6-4-12/h3-8,24H,2,9-11H2,1H3. The van der Waals surface area contributed by atoms with E-state index in [1.54, 1.807) is 16.6 Å². The predicted octanol–water partition coefficient (Wildman–Crippen LogP) is 1.92. The fourth-order valence-corrected chi connectivity index (χ4v) is 3.20. The zero-order chi connectivity index (χ0) is 16.7. The minimum Gasteiger partial charge on any atom is -0.383 e. The third kappa shape index (κ3) is 2.41. The molecular weight excluding hydrogens is 309 g/mol. The molecule has 0 bridgehead atoms. The molecule has 1 atom stereocenters. The van der Waals surface area contributed by atoms with Crippen molar-refractivity contribution in [1.29, 1.82) is 0 Å². The normalized spacial score (nSPS) is 20.9. The van der Waals surface area contributed by atoms with Gasteiger partial charge >= 0.3 is 0 Å². The van der Waals surface area contributed by atoms with Crippen molar-refractivity contribution in [3.8, 4) is 0 Å². The quantitative estimate of drug-likeness (QED) is 0.796. The van der Waals surface area contributed by atoms with Crippen LogP contribution in [0, 0.1) is 5.82 Å². The highest BCUT2D eigenvalue weighted by Crippen LogP contribution is 2.34. The summed E-state index contributed by atoms with van der Waals surface area (Å²) in [6.45, 7) is 3.10. The van der Waals surface area contributed by atoms with E-state index in [0.717, 1.165) is 23.6 Å². The van der Waals surface area contributed by atoms with Crippen molar-refractivity contribution in [3.05, 3.63) is 53.6 Å². The Hall–Kier alpha value is -2.54. The number of aryl methyl sites for hydroxylation is 1. The van der Waals surface area contributed by atoms with Crippen LogP contribution in [0.2, 0.25) is 0 Å². The topological polar surface area (TPSA) is 66.5 Å². The molecule has 6 nitrogen and oxygen atoms in total. The van der Waals surface area contributed by atoms with Gasteiger partial charge in [0.25, 0.3) is 0 Å². The summed E-state index contributed by atoms with van der Waals surface area (Å²) < 4.78 is 14.9. The maximum atomic E-state index is 13.1. The number of anilines is 1. The van der Waals surface area contributed by atoms with Gasteiger partial charge in [0.2, 0.25) is 0 Å². The Balaban J connectivity index is 1.63. The summed E-state index contributed by atoms with van der Waals surface area (Å²) in [6, 6.07) is 9.81. The molecule has 7 heteroatoms. The first kappa shape index (κ1) is 15.0. The Bertz CT molecular complexity index is 878. The van der Waals surface area contributed by atoms with Gasteiger partial charge in [-0.3, -0.25) is 0 Å². The van der Waals surface area contributed by atoms with Gasteiger partial charge in [-0.15, -0.1) is 15.3 Å². The number of rotatable bonds is 3. The van der Waals surface area contributed by atoms with Gasteiger partial charge < -0.3 is 10.0 Å². The van der Waals surface area contributed by atoms with E-state index in [4.69, 9.17) is 0 Å². The first-order valence-corrected chi connectivity index (χ1v) is 8.04. The van der Waals surface area contributed by atoms with Crippen LogP contribution in [0.3, 0.4) is 0 Å². The number of fused-ring (bicyclic) bond motifs is 1. The van der Waals surface area contributed by atoms with E-state index in [2.05, 4.69) is 15.3 Å². The molecule has 3 heterocycles. The van der Waals surface area contributed by atoms with Crippen molar-refractivity contribution < 1.29 is 9.50 Å². The summed E-state index contributed by atoms with van der Waals surface area (Å²) in [5.41, 5.74) is 0.445. The molecular formula is C17H18FN5O. The van der Waals surface area contributed by atoms with Gasteiger partial charge in [0.1, 0.15) is 17.2 Å². The molecule has 0 saturated carbocycles. The molecule has 1 N–H and O–H groups in total. The smallest absolute Gasteiger partial charge is 0.178 e. The summed E-state index contributed by atoms with van der Waals surface area (Å²) in [4.78, 5) is 2.03. The van der Waals surface area contributed by atoms with Gasteiger partial charge in [-0.25, -0.2) is 4.39 Å². The van der Waals surface area contributed by atoms with Crippen molar-refractivity contribution in [2.75, 3.05) is 18.0 Å². The zero-order valence-electron chi connectivity index (χ0n) is 13.4. The number of aromatic nitrogens is 4. The summed E-state index contributed by atoms with van der Waals surface area (Å²) in [5, 5.41) is 23.7. The molecule has 1 unspecified atom stereocenters. The summed E-state index contributed by atoms with van der Waals surface area (Å²) in [6.07, 6.45) is 1.32. The highest BCUT2D eigenvalue weighted by Gasteiger charge is 2.38. The number of β-amino-alcohol motifs (C(OH)–C–C–N with tert-alkyl or cyclic N) is 1. The van der Waals surface area contributed by atoms with Crippen LogP contribution >= 0.6 is 0 Å². The Morgan fingerprint density at radius 1 is 1.17 bits per heavy atom. The molecule has 0 aliphatic carbocycles. The van der Waals surface area contributed by atoms with E-state index in [1.807, 2.05) is 24.0 Å². The maximum absolute atomic E-state index is 13.1. The number of halogens is 1. The van der Waals surface area contributed by atoms with E-state index in [1.165, 1.54) is 12.1 Å². The SMILES string of the molecule is CCc1nnc2ccc(N3CCC(O)(c4ccc(F)cc4)C3)nn12. The fraction of sp³-hybridized carbons (Fsp3) is 0.353. The molecule has 0 amide bonds. The molecule has 3 aromatic rings. The van der Waals surface area contributed by atoms with Gasteiger partial charge in [-0.1, -0.05) is 19.1 Å². The third-order valence-electron chi connectivity index (χ3n) is 4.58. The van der Waals surface area contributed by atoms with Crippen molar-refractivity contribution in [2.45, 2.75) is 25.4 Å². The molecule has 124 valence electrons. The highest BCUT2D eigenvalue weighted by molar-refractivity contribution is 5.47. The minimum atomic E-state index is -0.995. The Morgan fingerprint density at radius 2 is 1.96 bits per heavy atom. The van der Waals surface area contributed by atoms with Crippen LogP contribution in [0.5, 0.6) is 0 Å². The Morgan fingerprint density at radius 3 is 2.71 bits per heavy atom. The largest absolute Gasteiger partial charge is 0.383 e. The van der Waals surface area contributed by atoms with Crippen LogP contribution < -0.4 is 4.90 Å². The van der Waals surface area contributed by atoms with E-state index in [9.17, 15) is 9.50 Å². The molecule has 0 radical (unpaired) electrons. The van der Waals surface area contributed by atoms with E-state index >= 15 is 0 Å². The van der Waals surface area contributed by atoms with Crippen LogP contribution in [-0.2, 0) is 12.0 Å². The molecule has 1 aliphatic rings. The first-order valence-electron chi connectivity index (χ1n) is 8.04. The number of benzene rings is 1. The van der Waals surface area contributed by atoms with Crippen LogP contribution in [0.15, 0.2) is 36.4 Å². The van der Waals surface area contributed by atoms with Gasteiger partial charge in [-0.05, 0) is 36.2 Å². The number of nitrogens with zero attached hydrogens (tertiary/aromatic N) is 5. The average Bonchev–Trinajstić information content (AvgIpc) is 3.19. The van der Waals surface area contributed by atoms with Crippen LogP contribution in [0.1, 0.15) is 24.7 Å². The van der Waals surface area contributed by atoms with Gasteiger partial charge in [0.15, 0.2) is 11.5 Å². The van der Waals surface area contributed by atoms with Crippen LogP contribution in [0.4, 0.5) is 10.2 Å². The van der Waals surface area contributed by atoms with Crippen molar-refractivity contribution in [1.82, 2.24) is 19.8 Å². The lowest BCUT2D eigenvalue weighted by molar-refractivity contribution is 0.0605. The molecule has 1 fully saturated rings. The van der Waals surface area contributed by atoms with Crippen LogP contribution in [-0.4, -0.2) is 38.0 Å². The van der Waals surface area contributed by atoms with Gasteiger partial charge in [0.05, 0.1) is 6.54 Å². The molecule has 4 rings (SSSR count). The summed E-state index contributed by atoms with van der Waals surface area (Å²) >= 11 is 0. The summed E-state index contributed by atoms with van der Waals surface area (Å²) in [7, 11) is 0. The molecule has 0 spiro atoms. The lowest BCUT2D eigenvalue weighted by Crippen LogP contribution is -2.31.